The van der Waals surface area contributed by atoms with Gasteiger partial charge >= 0.3 is 0 Å². The Bertz CT molecular complexity index is 172. The van der Waals surface area contributed by atoms with E-state index in [4.69, 9.17) is 10.2 Å². The van der Waals surface area contributed by atoms with Gasteiger partial charge in [0, 0.05) is 13.0 Å². The lowest BCUT2D eigenvalue weighted by Gasteiger charge is -2.41. The second-order valence-electron chi connectivity index (χ2n) is 3.67. The van der Waals surface area contributed by atoms with E-state index in [-0.39, 0.29) is 24.7 Å². The van der Waals surface area contributed by atoms with Crippen molar-refractivity contribution in [3.05, 3.63) is 0 Å². The summed E-state index contributed by atoms with van der Waals surface area (Å²) in [6.45, 7) is 0.0669. The second kappa shape index (κ2) is 4.58. The first-order chi connectivity index (χ1) is 6.22. The molecular formula is C9H17NO3. The molecule has 1 fully saturated rings. The Morgan fingerprint density at radius 2 is 2.08 bits per heavy atom. The standard InChI is InChI=1S/C9H17NO3/c11-6-1-3-8(13)10-9(7-12)4-2-5-9/h11-12H,1-7H2,(H,10,13). The third-order valence-electron chi connectivity index (χ3n) is 2.58. The molecule has 1 saturated carbocycles. The number of hydrogen-bond donors (Lipinski definition) is 3. The molecule has 1 aliphatic rings. The molecule has 13 heavy (non-hydrogen) atoms. The van der Waals surface area contributed by atoms with Crippen LogP contribution >= 0.6 is 0 Å². The van der Waals surface area contributed by atoms with E-state index in [1.165, 1.54) is 0 Å². The molecular weight excluding hydrogens is 170 g/mol. The zero-order valence-electron chi connectivity index (χ0n) is 7.75. The number of rotatable bonds is 5. The van der Waals surface area contributed by atoms with Crippen molar-refractivity contribution < 1.29 is 15.0 Å². The molecule has 76 valence electrons. The van der Waals surface area contributed by atoms with Gasteiger partial charge in [0.2, 0.25) is 5.91 Å². The van der Waals surface area contributed by atoms with Gasteiger partial charge in [-0.25, -0.2) is 0 Å². The van der Waals surface area contributed by atoms with Gasteiger partial charge in [0.05, 0.1) is 12.1 Å². The molecule has 0 unspecified atom stereocenters. The highest BCUT2D eigenvalue weighted by atomic mass is 16.3. The maximum absolute atomic E-state index is 11.2. The number of carbonyl (C=O) groups excluding carboxylic acids is 1. The van der Waals surface area contributed by atoms with Crippen LogP contribution in [0.3, 0.4) is 0 Å². The minimum absolute atomic E-state index is 0.0257. The molecule has 0 aromatic carbocycles. The Morgan fingerprint density at radius 1 is 1.38 bits per heavy atom. The lowest BCUT2D eigenvalue weighted by Crippen LogP contribution is -2.56. The van der Waals surface area contributed by atoms with Gasteiger partial charge in [-0.05, 0) is 25.7 Å². The molecule has 3 N–H and O–H groups in total. The van der Waals surface area contributed by atoms with Gasteiger partial charge in [0.15, 0.2) is 0 Å². The van der Waals surface area contributed by atoms with Gasteiger partial charge in [0.25, 0.3) is 0 Å². The first-order valence-corrected chi connectivity index (χ1v) is 4.75. The minimum Gasteiger partial charge on any atom is -0.396 e. The Morgan fingerprint density at radius 3 is 2.46 bits per heavy atom. The van der Waals surface area contributed by atoms with Crippen LogP contribution in [-0.4, -0.2) is 34.9 Å². The Balaban J connectivity index is 2.25. The minimum atomic E-state index is -0.341. The van der Waals surface area contributed by atoms with Crippen LogP contribution in [0.1, 0.15) is 32.1 Å². The number of hydrogen-bond acceptors (Lipinski definition) is 3. The predicted octanol–water partition coefficient (Wildman–Crippen LogP) is -0.210. The monoisotopic (exact) mass is 187 g/mol. The van der Waals surface area contributed by atoms with Crippen molar-refractivity contribution >= 4 is 5.91 Å². The Kier molecular flexibility index (Phi) is 3.69. The molecule has 0 aromatic rings. The van der Waals surface area contributed by atoms with E-state index in [9.17, 15) is 4.79 Å². The van der Waals surface area contributed by atoms with Crippen LogP contribution in [-0.2, 0) is 4.79 Å². The number of aliphatic hydroxyl groups excluding tert-OH is 2. The molecule has 0 spiro atoms. The molecule has 4 nitrogen and oxygen atoms in total. The molecule has 0 saturated heterocycles. The number of aliphatic hydroxyl groups is 2. The van der Waals surface area contributed by atoms with Crippen LogP contribution in [0.2, 0.25) is 0 Å². The highest BCUT2D eigenvalue weighted by Crippen LogP contribution is 2.31. The first kappa shape index (κ1) is 10.5. The van der Waals surface area contributed by atoms with E-state index >= 15 is 0 Å². The number of carbonyl (C=O) groups is 1. The summed E-state index contributed by atoms with van der Waals surface area (Å²) in [5, 5.41) is 20.4. The third-order valence-corrected chi connectivity index (χ3v) is 2.58. The van der Waals surface area contributed by atoms with Gasteiger partial charge < -0.3 is 15.5 Å². The van der Waals surface area contributed by atoms with Crippen molar-refractivity contribution in [1.29, 1.82) is 0 Å². The van der Waals surface area contributed by atoms with Crippen molar-refractivity contribution in [2.24, 2.45) is 0 Å². The fourth-order valence-corrected chi connectivity index (χ4v) is 1.52. The van der Waals surface area contributed by atoms with E-state index in [0.717, 1.165) is 19.3 Å². The topological polar surface area (TPSA) is 69.6 Å². The maximum atomic E-state index is 11.2. The first-order valence-electron chi connectivity index (χ1n) is 4.75. The van der Waals surface area contributed by atoms with Crippen LogP contribution in [0, 0.1) is 0 Å². The largest absolute Gasteiger partial charge is 0.396 e. The van der Waals surface area contributed by atoms with Crippen molar-refractivity contribution in [2.45, 2.75) is 37.6 Å². The fourth-order valence-electron chi connectivity index (χ4n) is 1.52. The van der Waals surface area contributed by atoms with Crippen LogP contribution in [0.5, 0.6) is 0 Å². The van der Waals surface area contributed by atoms with E-state index in [1.54, 1.807) is 0 Å². The molecule has 0 atom stereocenters. The molecule has 1 amide bonds. The molecule has 0 aliphatic heterocycles. The number of amides is 1. The average molecular weight is 187 g/mol. The van der Waals surface area contributed by atoms with E-state index in [0.29, 0.717) is 12.8 Å². The Labute approximate surface area is 78.0 Å². The van der Waals surface area contributed by atoms with Crippen molar-refractivity contribution in [2.75, 3.05) is 13.2 Å². The summed E-state index contributed by atoms with van der Waals surface area (Å²) in [6.07, 6.45) is 3.65. The fraction of sp³-hybridized carbons (Fsp3) is 0.889. The smallest absolute Gasteiger partial charge is 0.220 e. The van der Waals surface area contributed by atoms with Crippen LogP contribution in [0.15, 0.2) is 0 Å². The van der Waals surface area contributed by atoms with Gasteiger partial charge in [-0.3, -0.25) is 4.79 Å². The van der Waals surface area contributed by atoms with Crippen LogP contribution in [0.4, 0.5) is 0 Å². The normalized spacial score (nSPS) is 19.2. The van der Waals surface area contributed by atoms with Gasteiger partial charge in [0.1, 0.15) is 0 Å². The van der Waals surface area contributed by atoms with E-state index in [2.05, 4.69) is 5.32 Å². The maximum Gasteiger partial charge on any atom is 0.220 e. The lowest BCUT2D eigenvalue weighted by molar-refractivity contribution is -0.125. The lowest BCUT2D eigenvalue weighted by atomic mass is 9.77. The molecule has 0 aromatic heterocycles. The van der Waals surface area contributed by atoms with Gasteiger partial charge in [-0.1, -0.05) is 0 Å². The second-order valence-corrected chi connectivity index (χ2v) is 3.67. The average Bonchev–Trinajstić information content (AvgIpc) is 2.08. The quantitative estimate of drug-likeness (QED) is 0.558. The highest BCUT2D eigenvalue weighted by molar-refractivity contribution is 5.76. The molecule has 0 heterocycles. The molecule has 0 bridgehead atoms. The SMILES string of the molecule is O=C(CCCO)NC1(CO)CCC1. The van der Waals surface area contributed by atoms with Crippen LogP contribution in [0.25, 0.3) is 0 Å². The van der Waals surface area contributed by atoms with E-state index in [1.807, 2.05) is 0 Å². The summed E-state index contributed by atoms with van der Waals surface area (Å²) in [7, 11) is 0. The summed E-state index contributed by atoms with van der Waals surface area (Å²) < 4.78 is 0. The Hall–Kier alpha value is -0.610. The van der Waals surface area contributed by atoms with Crippen molar-refractivity contribution in [3.8, 4) is 0 Å². The molecule has 4 heteroatoms. The van der Waals surface area contributed by atoms with Crippen LogP contribution < -0.4 is 5.32 Å². The van der Waals surface area contributed by atoms with Crippen molar-refractivity contribution in [3.63, 3.8) is 0 Å². The third kappa shape index (κ3) is 2.67. The van der Waals surface area contributed by atoms with Gasteiger partial charge in [-0.15, -0.1) is 0 Å². The summed E-state index contributed by atoms with van der Waals surface area (Å²) in [4.78, 5) is 11.2. The molecule has 0 radical (unpaired) electrons. The zero-order valence-corrected chi connectivity index (χ0v) is 7.75. The van der Waals surface area contributed by atoms with E-state index < -0.39 is 0 Å². The van der Waals surface area contributed by atoms with Crippen molar-refractivity contribution in [1.82, 2.24) is 5.32 Å². The molecule has 1 rings (SSSR count). The summed E-state index contributed by atoms with van der Waals surface area (Å²) >= 11 is 0. The number of nitrogens with one attached hydrogen (secondary N) is 1. The summed E-state index contributed by atoms with van der Waals surface area (Å²) in [6, 6.07) is 0. The molecule has 1 aliphatic carbocycles. The van der Waals surface area contributed by atoms with Gasteiger partial charge in [-0.2, -0.15) is 0 Å². The predicted molar refractivity (Wildman–Crippen MR) is 48.1 cm³/mol. The summed E-state index contributed by atoms with van der Waals surface area (Å²) in [5.41, 5.74) is -0.341. The highest BCUT2D eigenvalue weighted by Gasteiger charge is 2.37. The zero-order chi connectivity index (χ0) is 9.73. The summed E-state index contributed by atoms with van der Waals surface area (Å²) in [5.74, 6) is -0.0669.